The first-order valence-corrected chi connectivity index (χ1v) is 21.9. The van der Waals surface area contributed by atoms with Crippen molar-refractivity contribution < 1.29 is 4.42 Å². The van der Waals surface area contributed by atoms with Crippen molar-refractivity contribution in [3.8, 4) is 27.9 Å². The van der Waals surface area contributed by atoms with Crippen molar-refractivity contribution in [3.63, 3.8) is 0 Å². The van der Waals surface area contributed by atoms with Crippen LogP contribution in [0.2, 0.25) is 0 Å². The van der Waals surface area contributed by atoms with Crippen LogP contribution in [0.1, 0.15) is 0 Å². The van der Waals surface area contributed by atoms with Crippen LogP contribution in [-0.4, -0.2) is 4.57 Å². The quantitative estimate of drug-likeness (QED) is 0.167. The molecule has 0 aliphatic rings. The lowest BCUT2D eigenvalue weighted by Crippen LogP contribution is -2.12. The highest BCUT2D eigenvalue weighted by Gasteiger charge is 2.25. The molecule has 0 atom stereocenters. The number of thiophene rings is 1. The SMILES string of the molecule is c1cc(-c2ccc(N(c3ccccc3-c3ccc4c(c3)sc3ccccc34)c3cccc4ccccc34)c3c2oc2ccccc23)cc(-n2c3ccccc3c3ccccc32)c1. The van der Waals surface area contributed by atoms with Gasteiger partial charge in [0.05, 0.1) is 33.5 Å². The first-order valence-electron chi connectivity index (χ1n) is 21.1. The van der Waals surface area contributed by atoms with Crippen LogP contribution in [-0.2, 0) is 0 Å². The van der Waals surface area contributed by atoms with E-state index in [9.17, 15) is 0 Å². The molecule has 0 aliphatic heterocycles. The van der Waals surface area contributed by atoms with Crippen LogP contribution in [0.4, 0.5) is 17.1 Å². The molecule has 0 unspecified atom stereocenters. The Hall–Kier alpha value is -7.92. The zero-order valence-electron chi connectivity index (χ0n) is 33.5. The van der Waals surface area contributed by atoms with Crippen molar-refractivity contribution in [1.29, 1.82) is 0 Å². The van der Waals surface area contributed by atoms with Gasteiger partial charge in [0, 0.05) is 58.5 Å². The Morgan fingerprint density at radius 2 is 1.02 bits per heavy atom. The van der Waals surface area contributed by atoms with Crippen LogP contribution < -0.4 is 4.90 Å². The van der Waals surface area contributed by atoms with Crippen LogP contribution in [0.5, 0.6) is 0 Å². The lowest BCUT2D eigenvalue weighted by molar-refractivity contribution is 0.670. The average molecular weight is 809 g/mol. The smallest absolute Gasteiger partial charge is 0.145 e. The highest BCUT2D eigenvalue weighted by Crippen LogP contribution is 2.50. The number of anilines is 3. The molecule has 3 nitrogen and oxygen atoms in total. The summed E-state index contributed by atoms with van der Waals surface area (Å²) in [7, 11) is 0. The van der Waals surface area contributed by atoms with E-state index in [0.29, 0.717) is 0 Å². The predicted octanol–water partition coefficient (Wildman–Crippen LogP) is 17.0. The van der Waals surface area contributed by atoms with E-state index in [1.807, 2.05) is 11.3 Å². The number of para-hydroxylation sites is 4. The van der Waals surface area contributed by atoms with E-state index >= 15 is 0 Å². The van der Waals surface area contributed by atoms with Gasteiger partial charge in [-0.15, -0.1) is 11.3 Å². The second-order valence-electron chi connectivity index (χ2n) is 16.0. The zero-order chi connectivity index (χ0) is 40.7. The molecule has 10 aromatic carbocycles. The molecule has 290 valence electrons. The summed E-state index contributed by atoms with van der Waals surface area (Å²) < 4.78 is 12.0. The Kier molecular flexibility index (Phi) is 7.78. The summed E-state index contributed by atoms with van der Waals surface area (Å²) in [5.41, 5.74) is 12.9. The Bertz CT molecular complexity index is 3850. The third-order valence-electron chi connectivity index (χ3n) is 12.6. The fourth-order valence-corrected chi connectivity index (χ4v) is 11.0. The maximum Gasteiger partial charge on any atom is 0.145 e. The minimum atomic E-state index is 0.858. The normalized spacial score (nSPS) is 11.9. The van der Waals surface area contributed by atoms with Crippen LogP contribution >= 0.6 is 11.3 Å². The number of hydrogen-bond acceptors (Lipinski definition) is 3. The zero-order valence-corrected chi connectivity index (χ0v) is 34.3. The molecule has 0 bridgehead atoms. The molecule has 0 saturated carbocycles. The van der Waals surface area contributed by atoms with E-state index in [1.54, 1.807) is 0 Å². The third-order valence-corrected chi connectivity index (χ3v) is 13.7. The number of rotatable bonds is 6. The largest absolute Gasteiger partial charge is 0.455 e. The maximum absolute atomic E-state index is 7.02. The molecule has 13 rings (SSSR count). The maximum atomic E-state index is 7.02. The lowest BCUT2D eigenvalue weighted by atomic mass is 9.97. The van der Waals surface area contributed by atoms with Crippen molar-refractivity contribution >= 4 is 103 Å². The molecule has 0 radical (unpaired) electrons. The molecule has 13 aromatic rings. The Labute approximate surface area is 361 Å². The van der Waals surface area contributed by atoms with E-state index < -0.39 is 0 Å². The summed E-state index contributed by atoms with van der Waals surface area (Å²) >= 11 is 1.86. The molecule has 0 spiro atoms. The highest BCUT2D eigenvalue weighted by atomic mass is 32.1. The standard InChI is InChI=1S/C58H36N2OS/c1-2-19-41-37(15-1)16-14-28-50(41)60(49-25-8-3-20-42(49)39-31-32-47-46-23-7-12-30-55(46)62-56(47)36-39)53-34-33-43(58-57(53)48-24-6-11-29-54(48)61-58)38-17-13-18-40(35-38)59-51-26-9-4-21-44(51)45-22-5-10-27-52(45)59/h1-36H. The first kappa shape index (κ1) is 34.9. The summed E-state index contributed by atoms with van der Waals surface area (Å²) in [5.74, 6) is 0. The van der Waals surface area contributed by atoms with Gasteiger partial charge in [-0.3, -0.25) is 0 Å². The van der Waals surface area contributed by atoms with Gasteiger partial charge in [0.1, 0.15) is 11.2 Å². The number of hydrogen-bond donors (Lipinski definition) is 0. The molecule has 0 saturated heterocycles. The number of benzene rings is 10. The van der Waals surface area contributed by atoms with Crippen molar-refractivity contribution in [2.45, 2.75) is 0 Å². The highest BCUT2D eigenvalue weighted by molar-refractivity contribution is 7.25. The number of fused-ring (bicyclic) bond motifs is 10. The van der Waals surface area contributed by atoms with Gasteiger partial charge in [-0.05, 0) is 83.2 Å². The van der Waals surface area contributed by atoms with Gasteiger partial charge in [-0.25, -0.2) is 0 Å². The lowest BCUT2D eigenvalue weighted by Gasteiger charge is -2.30. The molecular formula is C58H36N2OS. The van der Waals surface area contributed by atoms with E-state index in [2.05, 4.69) is 228 Å². The molecule has 0 amide bonds. The van der Waals surface area contributed by atoms with Crippen LogP contribution in [0.15, 0.2) is 223 Å². The van der Waals surface area contributed by atoms with E-state index in [-0.39, 0.29) is 0 Å². The van der Waals surface area contributed by atoms with Crippen molar-refractivity contribution in [1.82, 2.24) is 4.57 Å². The van der Waals surface area contributed by atoms with E-state index in [0.717, 1.165) is 61.4 Å². The molecule has 0 fully saturated rings. The Morgan fingerprint density at radius 1 is 0.387 bits per heavy atom. The number of nitrogens with zero attached hydrogens (tertiary/aromatic N) is 2. The first-order chi connectivity index (χ1) is 30.8. The fourth-order valence-electron chi connectivity index (χ4n) is 9.84. The van der Waals surface area contributed by atoms with Crippen LogP contribution in [0.3, 0.4) is 0 Å². The minimum absolute atomic E-state index is 0.858. The molecule has 0 aliphatic carbocycles. The molecular weight excluding hydrogens is 773 g/mol. The second-order valence-corrected chi connectivity index (χ2v) is 17.1. The van der Waals surface area contributed by atoms with Gasteiger partial charge in [-0.2, -0.15) is 0 Å². The molecule has 62 heavy (non-hydrogen) atoms. The van der Waals surface area contributed by atoms with Gasteiger partial charge >= 0.3 is 0 Å². The molecule has 4 heteroatoms. The summed E-state index contributed by atoms with van der Waals surface area (Å²) in [6.07, 6.45) is 0. The van der Waals surface area contributed by atoms with Gasteiger partial charge in [0.25, 0.3) is 0 Å². The summed E-state index contributed by atoms with van der Waals surface area (Å²) in [5, 5.41) is 9.60. The van der Waals surface area contributed by atoms with Crippen molar-refractivity contribution in [2.24, 2.45) is 0 Å². The van der Waals surface area contributed by atoms with Crippen molar-refractivity contribution in [3.05, 3.63) is 218 Å². The topological polar surface area (TPSA) is 21.3 Å². The summed E-state index contributed by atoms with van der Waals surface area (Å²) in [6, 6.07) is 79.2. The summed E-state index contributed by atoms with van der Waals surface area (Å²) in [6.45, 7) is 0. The van der Waals surface area contributed by atoms with Gasteiger partial charge in [0.15, 0.2) is 0 Å². The molecule has 0 N–H and O–H groups in total. The van der Waals surface area contributed by atoms with Crippen LogP contribution in [0.25, 0.3) is 103 Å². The van der Waals surface area contributed by atoms with Crippen LogP contribution in [0, 0.1) is 0 Å². The Balaban J connectivity index is 1.06. The predicted molar refractivity (Wildman–Crippen MR) is 264 cm³/mol. The van der Waals surface area contributed by atoms with E-state index in [4.69, 9.17) is 4.42 Å². The van der Waals surface area contributed by atoms with Gasteiger partial charge in [-0.1, -0.05) is 152 Å². The minimum Gasteiger partial charge on any atom is -0.455 e. The van der Waals surface area contributed by atoms with E-state index in [1.165, 1.54) is 58.3 Å². The summed E-state index contributed by atoms with van der Waals surface area (Å²) in [4.78, 5) is 2.47. The molecule has 3 heterocycles. The van der Waals surface area contributed by atoms with Crippen molar-refractivity contribution in [2.75, 3.05) is 4.90 Å². The number of furan rings is 1. The van der Waals surface area contributed by atoms with Gasteiger partial charge < -0.3 is 13.9 Å². The Morgan fingerprint density at radius 3 is 1.87 bits per heavy atom. The van der Waals surface area contributed by atoms with Gasteiger partial charge in [0.2, 0.25) is 0 Å². The fraction of sp³-hybridized carbons (Fsp3) is 0. The second kappa shape index (κ2) is 13.8. The number of aromatic nitrogens is 1. The monoisotopic (exact) mass is 808 g/mol. The molecule has 3 aromatic heterocycles. The average Bonchev–Trinajstić information content (AvgIpc) is 4.02. The third kappa shape index (κ3) is 5.30.